The van der Waals surface area contributed by atoms with Gasteiger partial charge in [-0.2, -0.15) is 4.39 Å². The maximum absolute atomic E-state index is 13.1. The SMILES string of the molecule is O=[N+]([O-])c1c(F)cc(F)cc1C#CCCO. The molecule has 16 heavy (non-hydrogen) atoms. The molecule has 0 radical (unpaired) electrons. The summed E-state index contributed by atoms with van der Waals surface area (Å²) in [7, 11) is 0. The molecule has 1 aromatic rings. The van der Waals surface area contributed by atoms with Crippen LogP contribution in [0.3, 0.4) is 0 Å². The molecule has 1 rings (SSSR count). The van der Waals surface area contributed by atoms with Crippen molar-refractivity contribution in [1.82, 2.24) is 0 Å². The lowest BCUT2D eigenvalue weighted by Crippen LogP contribution is -1.97. The quantitative estimate of drug-likeness (QED) is 0.474. The van der Waals surface area contributed by atoms with Gasteiger partial charge in [-0.05, 0) is 6.07 Å². The first kappa shape index (κ1) is 12.1. The largest absolute Gasteiger partial charge is 0.395 e. The highest BCUT2D eigenvalue weighted by molar-refractivity contribution is 5.52. The molecule has 0 bridgehead atoms. The van der Waals surface area contributed by atoms with E-state index in [9.17, 15) is 18.9 Å². The van der Waals surface area contributed by atoms with Crippen molar-refractivity contribution in [2.45, 2.75) is 6.42 Å². The molecule has 0 fully saturated rings. The molecule has 0 heterocycles. The van der Waals surface area contributed by atoms with Gasteiger partial charge in [0.25, 0.3) is 0 Å². The van der Waals surface area contributed by atoms with Crippen molar-refractivity contribution in [2.75, 3.05) is 6.61 Å². The third-order valence-corrected chi connectivity index (χ3v) is 1.67. The Morgan fingerprint density at radius 2 is 2.12 bits per heavy atom. The van der Waals surface area contributed by atoms with Gasteiger partial charge in [-0.15, -0.1) is 0 Å². The lowest BCUT2D eigenvalue weighted by atomic mass is 10.1. The summed E-state index contributed by atoms with van der Waals surface area (Å²) in [5.41, 5.74) is -1.19. The van der Waals surface area contributed by atoms with Gasteiger partial charge < -0.3 is 5.11 Å². The predicted molar refractivity (Wildman–Crippen MR) is 51.6 cm³/mol. The average Bonchev–Trinajstić information content (AvgIpc) is 2.16. The molecular formula is C10H7F2NO3. The van der Waals surface area contributed by atoms with E-state index in [-0.39, 0.29) is 18.6 Å². The van der Waals surface area contributed by atoms with Crippen LogP contribution in [0, 0.1) is 33.6 Å². The van der Waals surface area contributed by atoms with Crippen LogP contribution >= 0.6 is 0 Å². The summed E-state index contributed by atoms with van der Waals surface area (Å²) in [6, 6.07) is 1.21. The van der Waals surface area contributed by atoms with E-state index in [0.29, 0.717) is 6.07 Å². The Balaban J connectivity index is 3.26. The topological polar surface area (TPSA) is 63.4 Å². The van der Waals surface area contributed by atoms with Crippen LogP contribution in [-0.2, 0) is 0 Å². The van der Waals surface area contributed by atoms with E-state index in [2.05, 4.69) is 11.8 Å². The zero-order chi connectivity index (χ0) is 12.1. The summed E-state index contributed by atoms with van der Waals surface area (Å²) in [5, 5.41) is 19.0. The van der Waals surface area contributed by atoms with Gasteiger partial charge in [0, 0.05) is 12.5 Å². The van der Waals surface area contributed by atoms with Crippen molar-refractivity contribution in [3.63, 3.8) is 0 Å². The second-order valence-corrected chi connectivity index (χ2v) is 2.82. The minimum atomic E-state index is -1.27. The molecule has 0 amide bonds. The molecule has 0 aliphatic heterocycles. The monoisotopic (exact) mass is 227 g/mol. The van der Waals surface area contributed by atoms with Crippen molar-refractivity contribution < 1.29 is 18.8 Å². The summed E-state index contributed by atoms with van der Waals surface area (Å²) in [6.07, 6.45) is 0.0787. The Hall–Kier alpha value is -2.00. The molecule has 0 saturated carbocycles. The Bertz CT molecular complexity index is 477. The zero-order valence-corrected chi connectivity index (χ0v) is 8.04. The smallest absolute Gasteiger partial charge is 0.320 e. The average molecular weight is 227 g/mol. The molecule has 0 saturated heterocycles. The van der Waals surface area contributed by atoms with E-state index in [4.69, 9.17) is 5.11 Å². The van der Waals surface area contributed by atoms with E-state index < -0.39 is 22.2 Å². The van der Waals surface area contributed by atoms with E-state index in [1.165, 1.54) is 0 Å². The number of aliphatic hydroxyl groups excluding tert-OH is 1. The first-order chi connectivity index (χ1) is 7.56. The van der Waals surface area contributed by atoms with E-state index in [0.717, 1.165) is 6.07 Å². The van der Waals surface area contributed by atoms with E-state index >= 15 is 0 Å². The second kappa shape index (κ2) is 5.19. The van der Waals surface area contributed by atoms with Crippen molar-refractivity contribution in [2.24, 2.45) is 0 Å². The van der Waals surface area contributed by atoms with Crippen LogP contribution in [0.25, 0.3) is 0 Å². The van der Waals surface area contributed by atoms with Crippen molar-refractivity contribution in [1.29, 1.82) is 0 Å². The number of rotatable bonds is 2. The van der Waals surface area contributed by atoms with Crippen LogP contribution < -0.4 is 0 Å². The van der Waals surface area contributed by atoms with E-state index in [1.54, 1.807) is 0 Å². The second-order valence-electron chi connectivity index (χ2n) is 2.82. The number of nitro benzene ring substituents is 1. The maximum atomic E-state index is 13.1. The summed E-state index contributed by atoms with van der Waals surface area (Å²) in [6.45, 7) is -0.224. The Morgan fingerprint density at radius 3 is 2.69 bits per heavy atom. The first-order valence-electron chi connectivity index (χ1n) is 4.29. The predicted octanol–water partition coefficient (Wildman–Crippen LogP) is 1.61. The minimum Gasteiger partial charge on any atom is -0.395 e. The number of aliphatic hydroxyl groups is 1. The van der Waals surface area contributed by atoms with Gasteiger partial charge in [0.1, 0.15) is 11.4 Å². The van der Waals surface area contributed by atoms with Gasteiger partial charge in [0.2, 0.25) is 5.82 Å². The standard InChI is InChI=1S/C10H7F2NO3/c11-8-5-7(3-1-2-4-14)10(13(15)16)9(12)6-8/h5-6,14H,2,4H2. The molecule has 0 atom stereocenters. The Morgan fingerprint density at radius 1 is 1.44 bits per heavy atom. The fourth-order valence-corrected chi connectivity index (χ4v) is 1.06. The summed E-state index contributed by atoms with van der Waals surface area (Å²) >= 11 is 0. The maximum Gasteiger partial charge on any atom is 0.320 e. The molecule has 1 aromatic carbocycles. The van der Waals surface area contributed by atoms with Crippen LogP contribution in [0.2, 0.25) is 0 Å². The molecule has 4 nitrogen and oxygen atoms in total. The van der Waals surface area contributed by atoms with Crippen LogP contribution in [-0.4, -0.2) is 16.6 Å². The van der Waals surface area contributed by atoms with Crippen LogP contribution in [0.5, 0.6) is 0 Å². The molecule has 0 aromatic heterocycles. The lowest BCUT2D eigenvalue weighted by molar-refractivity contribution is -0.387. The van der Waals surface area contributed by atoms with Crippen molar-refractivity contribution in [3.05, 3.63) is 39.4 Å². The molecule has 84 valence electrons. The van der Waals surface area contributed by atoms with Crippen LogP contribution in [0.4, 0.5) is 14.5 Å². The van der Waals surface area contributed by atoms with Gasteiger partial charge in [-0.1, -0.05) is 11.8 Å². The normalized spacial score (nSPS) is 9.44. The summed E-state index contributed by atoms with van der Waals surface area (Å²) in [5.74, 6) is 2.41. The highest BCUT2D eigenvalue weighted by Crippen LogP contribution is 2.23. The molecule has 6 heteroatoms. The highest BCUT2D eigenvalue weighted by atomic mass is 19.1. The van der Waals surface area contributed by atoms with Crippen molar-refractivity contribution in [3.8, 4) is 11.8 Å². The highest BCUT2D eigenvalue weighted by Gasteiger charge is 2.20. The molecule has 0 aliphatic rings. The third kappa shape index (κ3) is 2.74. The number of halogens is 2. The molecular weight excluding hydrogens is 220 g/mol. The Kier molecular flexibility index (Phi) is 3.91. The minimum absolute atomic E-state index is 0.0787. The number of hydrogen-bond acceptors (Lipinski definition) is 3. The summed E-state index contributed by atoms with van der Waals surface area (Å²) in [4.78, 5) is 9.55. The van der Waals surface area contributed by atoms with E-state index in [1.807, 2.05) is 0 Å². The molecule has 1 N–H and O–H groups in total. The van der Waals surface area contributed by atoms with Gasteiger partial charge in [-0.25, -0.2) is 4.39 Å². The van der Waals surface area contributed by atoms with Gasteiger partial charge in [-0.3, -0.25) is 10.1 Å². The van der Waals surface area contributed by atoms with Gasteiger partial charge in [0.15, 0.2) is 0 Å². The van der Waals surface area contributed by atoms with Gasteiger partial charge >= 0.3 is 5.69 Å². The van der Waals surface area contributed by atoms with Crippen LogP contribution in [0.15, 0.2) is 12.1 Å². The first-order valence-corrected chi connectivity index (χ1v) is 4.29. The number of hydrogen-bond donors (Lipinski definition) is 1. The third-order valence-electron chi connectivity index (χ3n) is 1.67. The fourth-order valence-electron chi connectivity index (χ4n) is 1.06. The fraction of sp³-hybridized carbons (Fsp3) is 0.200. The molecule has 0 unspecified atom stereocenters. The zero-order valence-electron chi connectivity index (χ0n) is 8.04. The number of benzene rings is 1. The molecule has 0 spiro atoms. The number of nitro groups is 1. The Labute approximate surface area is 89.7 Å². The van der Waals surface area contributed by atoms with Crippen LogP contribution in [0.1, 0.15) is 12.0 Å². The summed E-state index contributed by atoms with van der Waals surface area (Å²) < 4.78 is 25.9. The van der Waals surface area contributed by atoms with Gasteiger partial charge in [0.05, 0.1) is 11.5 Å². The lowest BCUT2D eigenvalue weighted by Gasteiger charge is -1.97. The van der Waals surface area contributed by atoms with Crippen molar-refractivity contribution >= 4 is 5.69 Å². The number of nitrogens with zero attached hydrogens (tertiary/aromatic N) is 1. The molecule has 0 aliphatic carbocycles.